The van der Waals surface area contributed by atoms with Crippen molar-refractivity contribution in [1.82, 2.24) is 15.1 Å². The number of rotatable bonds is 13. The summed E-state index contributed by atoms with van der Waals surface area (Å²) in [6.45, 7) is 19.0. The first-order valence-corrected chi connectivity index (χ1v) is 27.1. The van der Waals surface area contributed by atoms with Gasteiger partial charge in [-0.05, 0) is 186 Å². The van der Waals surface area contributed by atoms with Gasteiger partial charge in [0.1, 0.15) is 0 Å². The molecule has 376 valence electrons. The van der Waals surface area contributed by atoms with Gasteiger partial charge in [-0.25, -0.2) is 0 Å². The molecule has 2 aliphatic carbocycles. The van der Waals surface area contributed by atoms with Crippen LogP contribution < -0.4 is 15.1 Å². The Hall–Kier alpha value is -6.17. The number of carbonyl (C=O) groups excluding carboxylic acids is 3. The normalized spacial score (nSPS) is 18.9. The lowest BCUT2D eigenvalue weighted by molar-refractivity contribution is -0.121. The summed E-state index contributed by atoms with van der Waals surface area (Å²) in [5.41, 5.74) is 17.6. The van der Waals surface area contributed by atoms with E-state index in [-0.39, 0.29) is 28.7 Å². The molecule has 8 nitrogen and oxygen atoms in total. The Kier molecular flexibility index (Phi) is 15.2. The smallest absolute Gasteiger partial charge is 0.254 e. The van der Waals surface area contributed by atoms with Crippen LogP contribution in [-0.4, -0.2) is 79.9 Å². The number of nitrogens with zero attached hydrogens (tertiary/aromatic N) is 4. The molecule has 4 aromatic rings. The monoisotopic (exact) mass is 964 g/mol. The molecule has 3 aliphatic heterocycles. The molecule has 4 aromatic carbocycles. The van der Waals surface area contributed by atoms with Gasteiger partial charge < -0.3 is 24.9 Å². The molecule has 2 bridgehead atoms. The van der Waals surface area contributed by atoms with Crippen molar-refractivity contribution >= 4 is 34.7 Å². The maximum absolute atomic E-state index is 14.8. The summed E-state index contributed by atoms with van der Waals surface area (Å²) < 4.78 is 0. The molecular weight excluding hydrogens is 887 g/mol. The zero-order valence-corrected chi connectivity index (χ0v) is 44.5. The van der Waals surface area contributed by atoms with Crippen LogP contribution in [0.15, 0.2) is 113 Å². The van der Waals surface area contributed by atoms with Crippen LogP contribution >= 0.6 is 0 Å². The van der Waals surface area contributed by atoms with Crippen LogP contribution in [0.3, 0.4) is 0 Å². The number of para-hydroxylation sites is 1. The van der Waals surface area contributed by atoms with Gasteiger partial charge in [0.15, 0.2) is 0 Å². The highest BCUT2D eigenvalue weighted by molar-refractivity contribution is 6.04. The third-order valence-corrected chi connectivity index (χ3v) is 16.4. The molecule has 1 atom stereocenters. The van der Waals surface area contributed by atoms with E-state index in [0.29, 0.717) is 50.4 Å². The summed E-state index contributed by atoms with van der Waals surface area (Å²) in [6, 6.07) is 29.3. The fourth-order valence-corrected chi connectivity index (χ4v) is 12.8. The van der Waals surface area contributed by atoms with E-state index < -0.39 is 0 Å². The second-order valence-electron chi connectivity index (χ2n) is 22.4. The van der Waals surface area contributed by atoms with Gasteiger partial charge >= 0.3 is 0 Å². The highest BCUT2D eigenvalue weighted by Gasteiger charge is 2.44. The quantitative estimate of drug-likeness (QED) is 0.107. The van der Waals surface area contributed by atoms with Gasteiger partial charge in [-0.2, -0.15) is 0 Å². The topological polar surface area (TPSA) is 76.2 Å². The van der Waals surface area contributed by atoms with Gasteiger partial charge in [-0.3, -0.25) is 14.4 Å². The Morgan fingerprint density at radius 2 is 1.53 bits per heavy atom. The van der Waals surface area contributed by atoms with Crippen molar-refractivity contribution in [3.05, 3.63) is 158 Å². The molecule has 8 heteroatoms. The van der Waals surface area contributed by atoms with Crippen LogP contribution in [0.5, 0.6) is 0 Å². The average Bonchev–Trinajstić information content (AvgIpc) is 3.35. The SMILES string of the molecule is CCN1c2cc3c(cc2C(C)CC1(C)C)C(c1ccccc1C(=O)N(C)CCCC(=O)NCCCCCC(=O)N1Cc2ccccc2C#Cc2ccccc21)=C1C=C2CCCN(C)CCCC(=C1C3(C)C)C2. The van der Waals surface area contributed by atoms with Gasteiger partial charge in [0.25, 0.3) is 5.91 Å². The van der Waals surface area contributed by atoms with E-state index in [4.69, 9.17) is 0 Å². The maximum atomic E-state index is 14.8. The summed E-state index contributed by atoms with van der Waals surface area (Å²) in [5.74, 6) is 7.00. The van der Waals surface area contributed by atoms with Crippen LogP contribution in [0.2, 0.25) is 0 Å². The zero-order valence-electron chi connectivity index (χ0n) is 44.5. The summed E-state index contributed by atoms with van der Waals surface area (Å²) in [5, 5.41) is 3.10. The third kappa shape index (κ3) is 10.4. The average molecular weight is 964 g/mol. The number of benzene rings is 4. The highest BCUT2D eigenvalue weighted by atomic mass is 16.2. The lowest BCUT2D eigenvalue weighted by Gasteiger charge is -2.49. The number of amides is 3. The molecule has 1 N–H and O–H groups in total. The predicted molar refractivity (Wildman–Crippen MR) is 295 cm³/mol. The van der Waals surface area contributed by atoms with E-state index in [1.54, 1.807) is 10.5 Å². The van der Waals surface area contributed by atoms with Gasteiger partial charge in [0.05, 0.1) is 12.2 Å². The lowest BCUT2D eigenvalue weighted by Crippen LogP contribution is -2.48. The Labute approximate surface area is 430 Å². The van der Waals surface area contributed by atoms with Crippen LogP contribution in [0.1, 0.15) is 174 Å². The van der Waals surface area contributed by atoms with Crippen molar-refractivity contribution in [1.29, 1.82) is 0 Å². The van der Waals surface area contributed by atoms with Crippen LogP contribution in [0, 0.1) is 11.8 Å². The van der Waals surface area contributed by atoms with Crippen molar-refractivity contribution in [3.8, 4) is 11.8 Å². The van der Waals surface area contributed by atoms with Crippen molar-refractivity contribution in [2.24, 2.45) is 0 Å². The van der Waals surface area contributed by atoms with Crippen molar-refractivity contribution in [2.45, 2.75) is 142 Å². The second-order valence-corrected chi connectivity index (χ2v) is 22.4. The molecule has 1 fully saturated rings. The Morgan fingerprint density at radius 1 is 0.806 bits per heavy atom. The molecule has 72 heavy (non-hydrogen) atoms. The molecule has 3 heterocycles. The number of fused-ring (bicyclic) bond motifs is 7. The molecule has 0 spiro atoms. The first-order valence-electron chi connectivity index (χ1n) is 27.1. The molecule has 3 amide bonds. The van der Waals surface area contributed by atoms with Crippen LogP contribution in [0.25, 0.3) is 5.57 Å². The second kappa shape index (κ2) is 21.5. The number of unbranched alkanes of at least 4 members (excludes halogenated alkanes) is 2. The van der Waals surface area contributed by atoms with Gasteiger partial charge in [0, 0.05) is 72.9 Å². The van der Waals surface area contributed by atoms with E-state index in [1.165, 1.54) is 44.7 Å². The first kappa shape index (κ1) is 50.8. The van der Waals surface area contributed by atoms with Crippen molar-refractivity contribution in [2.75, 3.05) is 56.6 Å². The van der Waals surface area contributed by atoms with Gasteiger partial charge in [-0.1, -0.05) is 105 Å². The molecule has 0 radical (unpaired) electrons. The Bertz CT molecular complexity index is 2900. The predicted octanol–water partition coefficient (Wildman–Crippen LogP) is 12.5. The van der Waals surface area contributed by atoms with E-state index >= 15 is 0 Å². The molecule has 0 aromatic heterocycles. The molecule has 9 rings (SSSR count). The molecule has 5 aliphatic rings. The number of carbonyl (C=O) groups is 3. The standard InChI is InChI=1S/C64H77N5O3/c1-9-69-57-41-55-53(40-52(57)44(2)42-63(69,3)4)60(54-39-45-22-19-35-66(7)36-20-26-48(38-45)61(54)64(55,5)6)50-27-15-16-28-51(50)62(72)67(8)37-21-30-58(70)65-34-18-10-11-31-59(71)68-43-49-25-13-12-23-46(49)32-33-47-24-14-17-29-56(47)68/h12-17,23-25,27-29,39-41,44H,9-11,18-22,26,30-31,34-38,42-43H2,1-8H3,(H,65,70). The minimum Gasteiger partial charge on any atom is -0.366 e. The molecule has 1 unspecified atom stereocenters. The highest BCUT2D eigenvalue weighted by Crippen LogP contribution is 2.56. The van der Waals surface area contributed by atoms with E-state index in [9.17, 15) is 14.4 Å². The Balaban J connectivity index is 0.881. The first-order chi connectivity index (χ1) is 34.7. The number of hydrogen-bond donors (Lipinski definition) is 1. The fourth-order valence-electron chi connectivity index (χ4n) is 12.8. The number of anilines is 2. The zero-order chi connectivity index (χ0) is 50.7. The summed E-state index contributed by atoms with van der Waals surface area (Å²) in [6.07, 6.45) is 12.8. The summed E-state index contributed by atoms with van der Waals surface area (Å²) in [4.78, 5) is 50.4. The van der Waals surface area contributed by atoms with Gasteiger partial charge in [-0.15, -0.1) is 0 Å². The maximum Gasteiger partial charge on any atom is 0.254 e. The summed E-state index contributed by atoms with van der Waals surface area (Å²) >= 11 is 0. The van der Waals surface area contributed by atoms with E-state index in [0.717, 1.165) is 105 Å². The minimum atomic E-state index is -0.236. The largest absolute Gasteiger partial charge is 0.366 e. The van der Waals surface area contributed by atoms with E-state index in [2.05, 4.69) is 106 Å². The van der Waals surface area contributed by atoms with Crippen LogP contribution in [0.4, 0.5) is 11.4 Å². The lowest BCUT2D eigenvalue weighted by atomic mass is 9.60. The molecule has 1 saturated heterocycles. The number of allylic oxidation sites excluding steroid dienone is 5. The van der Waals surface area contributed by atoms with Crippen molar-refractivity contribution in [3.63, 3.8) is 0 Å². The number of hydrogen-bond acceptors (Lipinski definition) is 5. The summed E-state index contributed by atoms with van der Waals surface area (Å²) in [7, 11) is 4.14. The van der Waals surface area contributed by atoms with E-state index in [1.807, 2.05) is 72.6 Å². The van der Waals surface area contributed by atoms with Gasteiger partial charge in [0.2, 0.25) is 11.8 Å². The Morgan fingerprint density at radius 3 is 2.33 bits per heavy atom. The van der Waals surface area contributed by atoms with Crippen LogP contribution in [-0.2, 0) is 21.5 Å². The number of nitrogens with one attached hydrogen (secondary N) is 1. The molecule has 0 saturated carbocycles. The molecular formula is C64H77N5O3. The third-order valence-electron chi connectivity index (χ3n) is 16.4. The fraction of sp³-hybridized carbons (Fsp3) is 0.453. The minimum absolute atomic E-state index is 0.0124. The van der Waals surface area contributed by atoms with Crippen molar-refractivity contribution < 1.29 is 14.4 Å².